The normalized spacial score (nSPS) is 9.40. The molecule has 0 aliphatic heterocycles. The highest BCUT2D eigenvalue weighted by molar-refractivity contribution is 7.98. The van der Waals surface area contributed by atoms with Crippen LogP contribution in [0.25, 0.3) is 0 Å². The third kappa shape index (κ3) is 5.83. The van der Waals surface area contributed by atoms with Crippen LogP contribution in [-0.4, -0.2) is 23.2 Å². The van der Waals surface area contributed by atoms with E-state index in [1.165, 1.54) is 11.3 Å². The lowest BCUT2D eigenvalue weighted by atomic mass is 10.6. The molecule has 0 radical (unpaired) electrons. The summed E-state index contributed by atoms with van der Waals surface area (Å²) in [5, 5.41) is 12.3. The molecule has 1 aromatic heterocycles. The third-order valence-electron chi connectivity index (χ3n) is 1.31. The molecule has 0 aliphatic rings. The van der Waals surface area contributed by atoms with Gasteiger partial charge < -0.3 is 16.8 Å². The molecule has 0 aliphatic carbocycles. The largest absolute Gasteiger partial charge is 0.370 e. The molecule has 15 heavy (non-hydrogen) atoms. The minimum absolute atomic E-state index is 0. The quantitative estimate of drug-likeness (QED) is 0.363. The molecule has 5 nitrogen and oxygen atoms in total. The van der Waals surface area contributed by atoms with Crippen molar-refractivity contribution in [3.8, 4) is 0 Å². The first-order chi connectivity index (χ1) is 6.72. The fourth-order valence-corrected chi connectivity index (χ4v) is 2.30. The lowest BCUT2D eigenvalue weighted by Crippen LogP contribution is -2.20. The van der Waals surface area contributed by atoms with E-state index in [0.29, 0.717) is 11.7 Å². The summed E-state index contributed by atoms with van der Waals surface area (Å²) in [6.45, 7) is 0.688. The van der Waals surface area contributed by atoms with Crippen LogP contribution in [-0.2, 0) is 5.75 Å². The van der Waals surface area contributed by atoms with E-state index in [0.717, 1.165) is 17.2 Å². The maximum Gasteiger partial charge on any atom is 0.192 e. The van der Waals surface area contributed by atoms with Gasteiger partial charge in [-0.2, -0.15) is 11.8 Å². The second kappa shape index (κ2) is 7.75. The predicted octanol–water partition coefficient (Wildman–Crippen LogP) is 1.06. The third-order valence-corrected chi connectivity index (χ3v) is 3.14. The molecule has 0 amide bonds. The summed E-state index contributed by atoms with van der Waals surface area (Å²) in [6.07, 6.45) is 0. The number of guanidine groups is 1. The summed E-state index contributed by atoms with van der Waals surface area (Å²) in [7, 11) is 0. The van der Waals surface area contributed by atoms with E-state index in [2.05, 4.69) is 10.3 Å². The van der Waals surface area contributed by atoms with Crippen molar-refractivity contribution in [1.29, 1.82) is 5.41 Å². The van der Waals surface area contributed by atoms with Crippen LogP contribution in [0, 0.1) is 5.41 Å². The minimum atomic E-state index is -0.0829. The van der Waals surface area contributed by atoms with Crippen molar-refractivity contribution in [3.63, 3.8) is 0 Å². The number of halogens is 1. The highest BCUT2D eigenvalue weighted by Crippen LogP contribution is 2.18. The van der Waals surface area contributed by atoms with Gasteiger partial charge in [-0.05, 0) is 0 Å². The molecule has 1 rings (SSSR count). The number of nitrogens with one attached hydrogen (secondary N) is 2. The number of aromatic nitrogens is 1. The second-order valence-electron chi connectivity index (χ2n) is 2.52. The van der Waals surface area contributed by atoms with Gasteiger partial charge in [0.05, 0.1) is 5.69 Å². The second-order valence-corrected chi connectivity index (χ2v) is 4.49. The molecule has 0 saturated carbocycles. The Hall–Kier alpha value is -0.500. The van der Waals surface area contributed by atoms with Gasteiger partial charge in [-0.3, -0.25) is 5.41 Å². The smallest absolute Gasteiger partial charge is 0.192 e. The zero-order valence-corrected chi connectivity index (χ0v) is 10.5. The molecule has 1 heterocycles. The van der Waals surface area contributed by atoms with E-state index < -0.39 is 0 Å². The Bertz CT molecular complexity index is 303. The highest BCUT2D eigenvalue weighted by atomic mass is 35.5. The van der Waals surface area contributed by atoms with Crippen LogP contribution in [0.2, 0.25) is 0 Å². The first-order valence-electron chi connectivity index (χ1n) is 4.05. The minimum Gasteiger partial charge on any atom is -0.370 e. The van der Waals surface area contributed by atoms with Crippen molar-refractivity contribution >= 4 is 46.6 Å². The maximum atomic E-state index is 7.02. The number of hydrogen-bond donors (Lipinski definition) is 4. The van der Waals surface area contributed by atoms with E-state index in [1.807, 2.05) is 5.38 Å². The van der Waals surface area contributed by atoms with E-state index in [4.69, 9.17) is 16.9 Å². The Labute approximate surface area is 103 Å². The molecule has 6 N–H and O–H groups in total. The van der Waals surface area contributed by atoms with Crippen molar-refractivity contribution in [1.82, 2.24) is 4.98 Å². The van der Waals surface area contributed by atoms with Crippen LogP contribution in [0.3, 0.4) is 0 Å². The molecule has 0 atom stereocenters. The van der Waals surface area contributed by atoms with Crippen molar-refractivity contribution in [3.05, 3.63) is 11.1 Å². The van der Waals surface area contributed by atoms with Crippen LogP contribution in [0.4, 0.5) is 5.13 Å². The first kappa shape index (κ1) is 14.5. The molecule has 1 aromatic rings. The summed E-state index contributed by atoms with van der Waals surface area (Å²) < 4.78 is 0. The summed E-state index contributed by atoms with van der Waals surface area (Å²) in [4.78, 5) is 4.25. The van der Waals surface area contributed by atoms with Gasteiger partial charge in [0, 0.05) is 23.4 Å². The molecule has 86 valence electrons. The Balaban J connectivity index is 0.00000196. The Kier molecular flexibility index (Phi) is 7.49. The predicted molar refractivity (Wildman–Crippen MR) is 70.1 cm³/mol. The van der Waals surface area contributed by atoms with Crippen LogP contribution < -0.4 is 16.8 Å². The molecular weight excluding hydrogens is 254 g/mol. The number of thioether (sulfide) groups is 1. The average molecular weight is 268 g/mol. The van der Waals surface area contributed by atoms with Crippen molar-refractivity contribution in [2.75, 3.05) is 17.6 Å². The first-order valence-corrected chi connectivity index (χ1v) is 6.09. The Morgan fingerprint density at radius 2 is 2.40 bits per heavy atom. The molecule has 0 spiro atoms. The zero-order valence-electron chi connectivity index (χ0n) is 8.03. The number of nitrogens with zero attached hydrogens (tertiary/aromatic N) is 1. The Morgan fingerprint density at radius 1 is 1.67 bits per heavy atom. The van der Waals surface area contributed by atoms with E-state index in [9.17, 15) is 0 Å². The highest BCUT2D eigenvalue weighted by Gasteiger charge is 2.01. The number of rotatable bonds is 5. The van der Waals surface area contributed by atoms with Gasteiger partial charge in [0.1, 0.15) is 0 Å². The monoisotopic (exact) mass is 267 g/mol. The standard InChI is InChI=1S/C7H13N5S2.ClH/c8-1-2-13-3-5-4-14-7(11-5)12-6(9)10;/h4H,1-3,8H2,(H4,9,10,11,12);1H. The molecule has 0 aromatic carbocycles. The summed E-state index contributed by atoms with van der Waals surface area (Å²) in [6, 6.07) is 0. The molecule has 0 fully saturated rings. The van der Waals surface area contributed by atoms with Gasteiger partial charge in [-0.25, -0.2) is 4.98 Å². The fraction of sp³-hybridized carbons (Fsp3) is 0.429. The van der Waals surface area contributed by atoms with Gasteiger partial charge in [-0.15, -0.1) is 23.7 Å². The van der Waals surface area contributed by atoms with E-state index >= 15 is 0 Å². The van der Waals surface area contributed by atoms with Crippen molar-refractivity contribution in [2.45, 2.75) is 5.75 Å². The summed E-state index contributed by atoms with van der Waals surface area (Å²) >= 11 is 3.19. The molecule has 0 unspecified atom stereocenters. The SMILES string of the molecule is Cl.N=C(N)Nc1nc(CSCCN)cs1. The number of hydrogen-bond acceptors (Lipinski definition) is 5. The molecule has 0 bridgehead atoms. The summed E-state index contributed by atoms with van der Waals surface area (Å²) in [5.41, 5.74) is 11.5. The van der Waals surface area contributed by atoms with Gasteiger partial charge in [-0.1, -0.05) is 0 Å². The van der Waals surface area contributed by atoms with Crippen LogP contribution in [0.15, 0.2) is 5.38 Å². The van der Waals surface area contributed by atoms with E-state index in [1.54, 1.807) is 11.8 Å². The average Bonchev–Trinajstić information content (AvgIpc) is 2.52. The fourth-order valence-electron chi connectivity index (χ4n) is 0.806. The van der Waals surface area contributed by atoms with Gasteiger partial charge in [0.25, 0.3) is 0 Å². The topological polar surface area (TPSA) is 101 Å². The molecular formula is C7H14ClN5S2. The molecule has 0 saturated heterocycles. The van der Waals surface area contributed by atoms with E-state index in [-0.39, 0.29) is 18.4 Å². The molecule has 8 heteroatoms. The number of anilines is 1. The maximum absolute atomic E-state index is 7.02. The van der Waals surface area contributed by atoms with Crippen LogP contribution in [0.1, 0.15) is 5.69 Å². The van der Waals surface area contributed by atoms with Crippen molar-refractivity contribution < 1.29 is 0 Å². The zero-order chi connectivity index (χ0) is 10.4. The lowest BCUT2D eigenvalue weighted by molar-refractivity contribution is 1.14. The van der Waals surface area contributed by atoms with Crippen LogP contribution >= 0.6 is 35.5 Å². The summed E-state index contributed by atoms with van der Waals surface area (Å²) in [5.74, 6) is 1.71. The van der Waals surface area contributed by atoms with Gasteiger partial charge >= 0.3 is 0 Å². The van der Waals surface area contributed by atoms with Crippen molar-refractivity contribution in [2.24, 2.45) is 11.5 Å². The lowest BCUT2D eigenvalue weighted by Gasteiger charge is -1.97. The van der Waals surface area contributed by atoms with Gasteiger partial charge in [0.15, 0.2) is 11.1 Å². The van der Waals surface area contributed by atoms with Crippen LogP contribution in [0.5, 0.6) is 0 Å². The number of thiazole rings is 1. The van der Waals surface area contributed by atoms with Gasteiger partial charge in [0.2, 0.25) is 0 Å². The number of nitrogens with two attached hydrogens (primary N) is 2. The Morgan fingerprint density at radius 3 is 3.00 bits per heavy atom.